The number of halogens is 1. The number of anilines is 1. The summed E-state index contributed by atoms with van der Waals surface area (Å²) in [7, 11) is 0. The van der Waals surface area contributed by atoms with Crippen molar-refractivity contribution >= 4 is 5.69 Å². The zero-order valence-corrected chi connectivity index (χ0v) is 9.93. The molecule has 0 aliphatic carbocycles. The molecule has 17 heavy (non-hydrogen) atoms. The molecule has 94 valence electrons. The Bertz CT molecular complexity index is 397. The fourth-order valence-corrected chi connectivity index (χ4v) is 2.56. The topological polar surface area (TPSA) is 43.7 Å². The van der Waals surface area contributed by atoms with E-state index in [-0.39, 0.29) is 25.1 Å². The Morgan fingerprint density at radius 3 is 2.82 bits per heavy atom. The second-order valence-corrected chi connectivity index (χ2v) is 4.60. The largest absolute Gasteiger partial charge is 0.394 e. The van der Waals surface area contributed by atoms with Crippen LogP contribution in [-0.2, 0) is 6.61 Å². The molecule has 1 aliphatic rings. The number of nitrogens with zero attached hydrogens (tertiary/aromatic N) is 1. The van der Waals surface area contributed by atoms with Crippen molar-refractivity contribution < 1.29 is 14.6 Å². The lowest BCUT2D eigenvalue weighted by molar-refractivity contribution is 0.243. The van der Waals surface area contributed by atoms with E-state index in [0.717, 1.165) is 13.0 Å². The average Bonchev–Trinajstić information content (AvgIpc) is 2.69. The average molecular weight is 239 g/mol. The molecule has 1 aliphatic heterocycles. The Morgan fingerprint density at radius 2 is 2.18 bits per heavy atom. The van der Waals surface area contributed by atoms with Gasteiger partial charge in [0.1, 0.15) is 5.82 Å². The number of aliphatic hydroxyl groups excluding tert-OH is 2. The highest BCUT2D eigenvalue weighted by Crippen LogP contribution is 2.32. The molecule has 2 rings (SSSR count). The standard InChI is InChI=1S/C13H18FNO2/c1-9-5-6-15(13(9)8-17)12-4-2-3-11(14)10(12)7-16/h2-4,9,13,16-17H,5-8H2,1H3. The van der Waals surface area contributed by atoms with E-state index in [1.54, 1.807) is 12.1 Å². The molecule has 3 nitrogen and oxygen atoms in total. The molecular weight excluding hydrogens is 221 g/mol. The predicted molar refractivity (Wildman–Crippen MR) is 64.3 cm³/mol. The summed E-state index contributed by atoms with van der Waals surface area (Å²) in [5.74, 6) is -0.00365. The van der Waals surface area contributed by atoms with Gasteiger partial charge in [0, 0.05) is 17.8 Å². The minimum absolute atomic E-state index is 0.0158. The molecule has 0 radical (unpaired) electrons. The molecular formula is C13H18FNO2. The van der Waals surface area contributed by atoms with Crippen LogP contribution in [0.2, 0.25) is 0 Å². The monoisotopic (exact) mass is 239 g/mol. The lowest BCUT2D eigenvalue weighted by Gasteiger charge is -2.29. The summed E-state index contributed by atoms with van der Waals surface area (Å²) >= 11 is 0. The maximum atomic E-state index is 13.6. The minimum atomic E-state index is -0.388. The van der Waals surface area contributed by atoms with E-state index >= 15 is 0 Å². The zero-order chi connectivity index (χ0) is 12.4. The van der Waals surface area contributed by atoms with Crippen LogP contribution in [-0.4, -0.2) is 29.4 Å². The third-order valence-corrected chi connectivity index (χ3v) is 3.63. The molecule has 2 N–H and O–H groups in total. The number of benzene rings is 1. The second-order valence-electron chi connectivity index (χ2n) is 4.60. The first-order valence-corrected chi connectivity index (χ1v) is 5.94. The van der Waals surface area contributed by atoms with E-state index in [1.165, 1.54) is 6.07 Å². The molecule has 1 fully saturated rings. The van der Waals surface area contributed by atoms with Crippen molar-refractivity contribution in [1.82, 2.24) is 0 Å². The van der Waals surface area contributed by atoms with Crippen LogP contribution in [0, 0.1) is 11.7 Å². The van der Waals surface area contributed by atoms with Crippen molar-refractivity contribution in [3.63, 3.8) is 0 Å². The van der Waals surface area contributed by atoms with Crippen molar-refractivity contribution in [2.24, 2.45) is 5.92 Å². The molecule has 0 spiro atoms. The second kappa shape index (κ2) is 5.02. The van der Waals surface area contributed by atoms with Crippen molar-refractivity contribution in [3.8, 4) is 0 Å². The first-order chi connectivity index (χ1) is 8.19. The quantitative estimate of drug-likeness (QED) is 0.840. The van der Waals surface area contributed by atoms with Gasteiger partial charge in [0.15, 0.2) is 0 Å². The Labute approximate surface area is 100 Å². The summed E-state index contributed by atoms with van der Waals surface area (Å²) in [5, 5.41) is 18.7. The van der Waals surface area contributed by atoms with Gasteiger partial charge in [-0.3, -0.25) is 0 Å². The number of hydrogen-bond acceptors (Lipinski definition) is 3. The molecule has 4 heteroatoms. The first-order valence-electron chi connectivity index (χ1n) is 5.94. The van der Waals surface area contributed by atoms with Crippen molar-refractivity contribution in [2.45, 2.75) is 26.0 Å². The van der Waals surface area contributed by atoms with E-state index in [0.29, 0.717) is 17.2 Å². The van der Waals surface area contributed by atoms with Crippen molar-refractivity contribution in [3.05, 3.63) is 29.6 Å². The van der Waals surface area contributed by atoms with Crippen LogP contribution in [0.15, 0.2) is 18.2 Å². The molecule has 1 aromatic carbocycles. The molecule has 1 heterocycles. The van der Waals surface area contributed by atoms with Gasteiger partial charge in [0.25, 0.3) is 0 Å². The van der Waals surface area contributed by atoms with Gasteiger partial charge in [-0.25, -0.2) is 4.39 Å². The normalized spacial score (nSPS) is 24.4. The minimum Gasteiger partial charge on any atom is -0.394 e. The van der Waals surface area contributed by atoms with Gasteiger partial charge in [-0.15, -0.1) is 0 Å². The van der Waals surface area contributed by atoms with Crippen LogP contribution in [0.3, 0.4) is 0 Å². The number of hydrogen-bond donors (Lipinski definition) is 2. The molecule has 0 amide bonds. The number of aliphatic hydroxyl groups is 2. The fourth-order valence-electron chi connectivity index (χ4n) is 2.56. The van der Waals surface area contributed by atoms with E-state index in [4.69, 9.17) is 0 Å². The van der Waals surface area contributed by atoms with Gasteiger partial charge >= 0.3 is 0 Å². The Hall–Kier alpha value is -1.13. The highest BCUT2D eigenvalue weighted by molar-refractivity contribution is 5.55. The molecule has 2 unspecified atom stereocenters. The zero-order valence-electron chi connectivity index (χ0n) is 9.93. The summed E-state index contributed by atoms with van der Waals surface area (Å²) in [6, 6.07) is 4.81. The molecule has 0 aromatic heterocycles. The maximum absolute atomic E-state index is 13.6. The SMILES string of the molecule is CC1CCN(c2cccc(F)c2CO)C1CO. The summed E-state index contributed by atoms with van der Waals surface area (Å²) in [5.41, 5.74) is 1.02. The van der Waals surface area contributed by atoms with Crippen LogP contribution in [0.25, 0.3) is 0 Å². The van der Waals surface area contributed by atoms with Gasteiger partial charge in [-0.1, -0.05) is 13.0 Å². The van der Waals surface area contributed by atoms with Crippen LogP contribution in [0.4, 0.5) is 10.1 Å². The third-order valence-electron chi connectivity index (χ3n) is 3.63. The van der Waals surface area contributed by atoms with Crippen molar-refractivity contribution in [2.75, 3.05) is 18.1 Å². The van der Waals surface area contributed by atoms with Gasteiger partial charge in [0.05, 0.1) is 19.3 Å². The lowest BCUT2D eigenvalue weighted by Crippen LogP contribution is -2.35. The fraction of sp³-hybridized carbons (Fsp3) is 0.538. The van der Waals surface area contributed by atoms with Gasteiger partial charge in [0.2, 0.25) is 0 Å². The van der Waals surface area contributed by atoms with E-state index in [2.05, 4.69) is 6.92 Å². The molecule has 2 atom stereocenters. The Morgan fingerprint density at radius 1 is 1.41 bits per heavy atom. The van der Waals surface area contributed by atoms with Gasteiger partial charge in [-0.2, -0.15) is 0 Å². The predicted octanol–water partition coefficient (Wildman–Crippen LogP) is 1.53. The summed E-state index contributed by atoms with van der Waals surface area (Å²) in [6.45, 7) is 2.62. The Kier molecular flexibility index (Phi) is 3.64. The van der Waals surface area contributed by atoms with Crippen LogP contribution >= 0.6 is 0 Å². The lowest BCUT2D eigenvalue weighted by atomic mass is 10.0. The van der Waals surface area contributed by atoms with E-state index < -0.39 is 0 Å². The maximum Gasteiger partial charge on any atom is 0.130 e. The smallest absolute Gasteiger partial charge is 0.130 e. The van der Waals surface area contributed by atoms with Crippen LogP contribution in [0.1, 0.15) is 18.9 Å². The Balaban J connectivity index is 2.37. The molecule has 1 aromatic rings. The summed E-state index contributed by atoms with van der Waals surface area (Å²) in [4.78, 5) is 2.00. The molecule has 0 saturated carbocycles. The number of rotatable bonds is 3. The van der Waals surface area contributed by atoms with Crippen LogP contribution < -0.4 is 4.90 Å². The third kappa shape index (κ3) is 2.15. The highest BCUT2D eigenvalue weighted by atomic mass is 19.1. The van der Waals surface area contributed by atoms with Gasteiger partial charge < -0.3 is 15.1 Å². The van der Waals surface area contributed by atoms with E-state index in [1.807, 2.05) is 4.90 Å². The van der Waals surface area contributed by atoms with Crippen molar-refractivity contribution in [1.29, 1.82) is 0 Å². The highest BCUT2D eigenvalue weighted by Gasteiger charge is 2.32. The summed E-state index contributed by atoms with van der Waals surface area (Å²) in [6.07, 6.45) is 0.979. The first kappa shape index (κ1) is 12.3. The van der Waals surface area contributed by atoms with Gasteiger partial charge in [-0.05, 0) is 24.5 Å². The summed E-state index contributed by atoms with van der Waals surface area (Å²) < 4.78 is 13.6. The molecule has 1 saturated heterocycles. The van der Waals surface area contributed by atoms with Crippen LogP contribution in [0.5, 0.6) is 0 Å². The molecule has 0 bridgehead atoms. The van der Waals surface area contributed by atoms with E-state index in [9.17, 15) is 14.6 Å².